The summed E-state index contributed by atoms with van der Waals surface area (Å²) >= 11 is 0. The molecule has 0 aliphatic carbocycles. The Bertz CT molecular complexity index is 399. The normalized spacial score (nSPS) is 20.7. The Labute approximate surface area is 107 Å². The van der Waals surface area contributed by atoms with Gasteiger partial charge in [-0.25, -0.2) is 4.39 Å². The SMILES string of the molecule is CC(Cc1ccc(F)cc1)NC(=O)[C@@H]1CCCN1. The molecular formula is C14H19FN2O. The molecule has 1 aromatic carbocycles. The van der Waals surface area contributed by atoms with Crippen molar-refractivity contribution in [3.05, 3.63) is 35.6 Å². The molecule has 0 aromatic heterocycles. The van der Waals surface area contributed by atoms with Crippen LogP contribution in [0.15, 0.2) is 24.3 Å². The highest BCUT2D eigenvalue weighted by atomic mass is 19.1. The number of hydrogen-bond donors (Lipinski definition) is 2. The zero-order valence-electron chi connectivity index (χ0n) is 10.6. The van der Waals surface area contributed by atoms with E-state index in [1.54, 1.807) is 12.1 Å². The lowest BCUT2D eigenvalue weighted by Crippen LogP contribution is -2.44. The van der Waals surface area contributed by atoms with Gasteiger partial charge in [0.15, 0.2) is 0 Å². The highest BCUT2D eigenvalue weighted by Crippen LogP contribution is 2.08. The summed E-state index contributed by atoms with van der Waals surface area (Å²) in [5.74, 6) is -0.160. The summed E-state index contributed by atoms with van der Waals surface area (Å²) in [7, 11) is 0. The molecule has 0 saturated carbocycles. The van der Waals surface area contributed by atoms with Gasteiger partial charge in [0.2, 0.25) is 5.91 Å². The fourth-order valence-electron chi connectivity index (χ4n) is 2.28. The van der Waals surface area contributed by atoms with Crippen LogP contribution < -0.4 is 10.6 Å². The van der Waals surface area contributed by atoms with Gasteiger partial charge in [0.05, 0.1) is 6.04 Å². The Morgan fingerprint density at radius 1 is 1.50 bits per heavy atom. The molecule has 3 nitrogen and oxygen atoms in total. The van der Waals surface area contributed by atoms with Crippen molar-refractivity contribution in [1.29, 1.82) is 0 Å². The third kappa shape index (κ3) is 3.53. The van der Waals surface area contributed by atoms with Crippen molar-refractivity contribution >= 4 is 5.91 Å². The van der Waals surface area contributed by atoms with Crippen molar-refractivity contribution in [3.63, 3.8) is 0 Å². The van der Waals surface area contributed by atoms with Crippen LogP contribution in [-0.4, -0.2) is 24.5 Å². The number of rotatable bonds is 4. The van der Waals surface area contributed by atoms with Crippen LogP contribution in [0.25, 0.3) is 0 Å². The van der Waals surface area contributed by atoms with Gasteiger partial charge in [-0.3, -0.25) is 4.79 Å². The standard InChI is InChI=1S/C14H19FN2O/c1-10(9-11-4-6-12(15)7-5-11)17-14(18)13-3-2-8-16-13/h4-7,10,13,16H,2-3,8-9H2,1H3,(H,17,18)/t10?,13-/m0/s1. The molecule has 1 unspecified atom stereocenters. The summed E-state index contributed by atoms with van der Waals surface area (Å²) in [6.45, 7) is 2.89. The fourth-order valence-corrected chi connectivity index (χ4v) is 2.28. The smallest absolute Gasteiger partial charge is 0.237 e. The largest absolute Gasteiger partial charge is 0.352 e. The van der Waals surface area contributed by atoms with Crippen molar-refractivity contribution in [3.8, 4) is 0 Å². The van der Waals surface area contributed by atoms with E-state index in [9.17, 15) is 9.18 Å². The first-order valence-corrected chi connectivity index (χ1v) is 6.43. The van der Waals surface area contributed by atoms with Crippen LogP contribution in [0.3, 0.4) is 0 Å². The Kier molecular flexibility index (Phi) is 4.31. The third-order valence-electron chi connectivity index (χ3n) is 3.22. The minimum atomic E-state index is -0.231. The van der Waals surface area contributed by atoms with E-state index in [0.29, 0.717) is 0 Å². The van der Waals surface area contributed by atoms with Gasteiger partial charge < -0.3 is 10.6 Å². The topological polar surface area (TPSA) is 41.1 Å². The maximum Gasteiger partial charge on any atom is 0.237 e. The first kappa shape index (κ1) is 13.0. The quantitative estimate of drug-likeness (QED) is 0.852. The van der Waals surface area contributed by atoms with Gasteiger partial charge in [-0.2, -0.15) is 0 Å². The second-order valence-electron chi connectivity index (χ2n) is 4.89. The van der Waals surface area contributed by atoms with E-state index in [2.05, 4.69) is 10.6 Å². The average Bonchev–Trinajstić information content (AvgIpc) is 2.85. The van der Waals surface area contributed by atoms with E-state index >= 15 is 0 Å². The molecule has 4 heteroatoms. The van der Waals surface area contributed by atoms with Crippen molar-refractivity contribution in [2.45, 2.75) is 38.3 Å². The number of nitrogens with one attached hydrogen (secondary N) is 2. The van der Waals surface area contributed by atoms with Crippen molar-refractivity contribution < 1.29 is 9.18 Å². The lowest BCUT2D eigenvalue weighted by molar-refractivity contribution is -0.123. The predicted octanol–water partition coefficient (Wildman–Crippen LogP) is 1.62. The van der Waals surface area contributed by atoms with E-state index in [-0.39, 0.29) is 23.8 Å². The zero-order valence-corrected chi connectivity index (χ0v) is 10.6. The first-order valence-electron chi connectivity index (χ1n) is 6.43. The van der Waals surface area contributed by atoms with Gasteiger partial charge in [0.1, 0.15) is 5.82 Å². The fraction of sp³-hybridized carbons (Fsp3) is 0.500. The molecule has 1 heterocycles. The minimum absolute atomic E-state index is 0.0410. The molecule has 2 atom stereocenters. The lowest BCUT2D eigenvalue weighted by atomic mass is 10.1. The van der Waals surface area contributed by atoms with Crippen molar-refractivity contribution in [1.82, 2.24) is 10.6 Å². The van der Waals surface area contributed by atoms with E-state index in [0.717, 1.165) is 31.4 Å². The number of halogens is 1. The minimum Gasteiger partial charge on any atom is -0.352 e. The molecule has 98 valence electrons. The first-order chi connectivity index (χ1) is 8.65. The maximum absolute atomic E-state index is 12.8. The molecule has 0 bridgehead atoms. The molecule has 1 aliphatic heterocycles. The highest BCUT2D eigenvalue weighted by Gasteiger charge is 2.22. The Morgan fingerprint density at radius 3 is 2.83 bits per heavy atom. The third-order valence-corrected chi connectivity index (χ3v) is 3.22. The molecule has 2 N–H and O–H groups in total. The van der Waals surface area contributed by atoms with Gasteiger partial charge in [0.25, 0.3) is 0 Å². The number of carbonyl (C=O) groups is 1. The number of amides is 1. The molecule has 1 saturated heterocycles. The summed E-state index contributed by atoms with van der Waals surface area (Å²) < 4.78 is 12.8. The summed E-state index contributed by atoms with van der Waals surface area (Å²) in [5.41, 5.74) is 1.03. The summed E-state index contributed by atoms with van der Waals surface area (Å²) in [6.07, 6.45) is 2.69. The van der Waals surface area contributed by atoms with Crippen molar-refractivity contribution in [2.24, 2.45) is 0 Å². The molecule has 18 heavy (non-hydrogen) atoms. The maximum atomic E-state index is 12.8. The van der Waals surface area contributed by atoms with E-state index in [4.69, 9.17) is 0 Å². The highest BCUT2D eigenvalue weighted by molar-refractivity contribution is 5.82. The Morgan fingerprint density at radius 2 is 2.22 bits per heavy atom. The average molecular weight is 250 g/mol. The van der Waals surface area contributed by atoms with Crippen molar-refractivity contribution in [2.75, 3.05) is 6.54 Å². The Hall–Kier alpha value is -1.42. The van der Waals surface area contributed by atoms with E-state index in [1.807, 2.05) is 6.92 Å². The molecule has 0 radical (unpaired) electrons. The molecule has 1 aromatic rings. The molecule has 0 spiro atoms. The summed E-state index contributed by atoms with van der Waals surface area (Å²) in [4.78, 5) is 11.9. The van der Waals surface area contributed by atoms with Gasteiger partial charge in [-0.15, -0.1) is 0 Å². The monoisotopic (exact) mass is 250 g/mol. The van der Waals surface area contributed by atoms with Crippen LogP contribution >= 0.6 is 0 Å². The van der Waals surface area contributed by atoms with Gasteiger partial charge in [0, 0.05) is 6.04 Å². The van der Waals surface area contributed by atoms with Crippen LogP contribution in [0.1, 0.15) is 25.3 Å². The van der Waals surface area contributed by atoms with E-state index < -0.39 is 0 Å². The molecule has 1 aliphatic rings. The van der Waals surface area contributed by atoms with Crippen LogP contribution in [0, 0.1) is 5.82 Å². The molecule has 1 fully saturated rings. The summed E-state index contributed by atoms with van der Waals surface area (Å²) in [5, 5.41) is 6.16. The molecular weight excluding hydrogens is 231 g/mol. The zero-order chi connectivity index (χ0) is 13.0. The summed E-state index contributed by atoms with van der Waals surface area (Å²) in [6, 6.07) is 6.42. The number of benzene rings is 1. The second-order valence-corrected chi connectivity index (χ2v) is 4.89. The molecule has 1 amide bonds. The van der Waals surface area contributed by atoms with Crippen LogP contribution in [0.4, 0.5) is 4.39 Å². The van der Waals surface area contributed by atoms with Crippen LogP contribution in [0.2, 0.25) is 0 Å². The van der Waals surface area contributed by atoms with Gasteiger partial charge >= 0.3 is 0 Å². The van der Waals surface area contributed by atoms with Crippen LogP contribution in [-0.2, 0) is 11.2 Å². The van der Waals surface area contributed by atoms with E-state index in [1.165, 1.54) is 12.1 Å². The molecule has 2 rings (SSSR count). The Balaban J connectivity index is 1.82. The lowest BCUT2D eigenvalue weighted by Gasteiger charge is -2.17. The number of carbonyl (C=O) groups excluding carboxylic acids is 1. The van der Waals surface area contributed by atoms with Crippen LogP contribution in [0.5, 0.6) is 0 Å². The predicted molar refractivity (Wildman–Crippen MR) is 68.7 cm³/mol. The number of hydrogen-bond acceptors (Lipinski definition) is 2. The second kappa shape index (κ2) is 5.96. The van der Waals surface area contributed by atoms with Gasteiger partial charge in [-0.05, 0) is 50.4 Å². The van der Waals surface area contributed by atoms with Gasteiger partial charge in [-0.1, -0.05) is 12.1 Å².